The van der Waals surface area contributed by atoms with E-state index in [1.165, 1.54) is 0 Å². The van der Waals surface area contributed by atoms with Crippen molar-refractivity contribution in [1.29, 1.82) is 0 Å². The molecule has 0 bridgehead atoms. The van der Waals surface area contributed by atoms with E-state index in [0.717, 1.165) is 18.4 Å². The van der Waals surface area contributed by atoms with Crippen LogP contribution in [0.3, 0.4) is 0 Å². The summed E-state index contributed by atoms with van der Waals surface area (Å²) in [4.78, 5) is 11.4. The molecule has 1 fully saturated rings. The van der Waals surface area contributed by atoms with Gasteiger partial charge < -0.3 is 5.73 Å². The maximum Gasteiger partial charge on any atom is 0.144 e. The molecule has 0 aromatic heterocycles. The normalized spacial score (nSPS) is 19.5. The van der Waals surface area contributed by atoms with Crippen LogP contribution in [0.5, 0.6) is 0 Å². The lowest BCUT2D eigenvalue weighted by molar-refractivity contribution is -0.123. The third kappa shape index (κ3) is 1.69. The Morgan fingerprint density at radius 3 is 2.45 bits per heavy atom. The van der Waals surface area contributed by atoms with E-state index in [2.05, 4.69) is 6.58 Å². The molecule has 0 heterocycles. The van der Waals surface area contributed by atoms with Gasteiger partial charge in [-0.05, 0) is 19.8 Å². The first-order valence-corrected chi connectivity index (χ1v) is 3.98. The van der Waals surface area contributed by atoms with Gasteiger partial charge in [0.25, 0.3) is 0 Å². The minimum Gasteiger partial charge on any atom is -0.329 e. The summed E-state index contributed by atoms with van der Waals surface area (Å²) in [5, 5.41) is 0. The topological polar surface area (TPSA) is 43.1 Å². The van der Waals surface area contributed by atoms with Gasteiger partial charge in [0.1, 0.15) is 5.78 Å². The van der Waals surface area contributed by atoms with Crippen LogP contribution >= 0.6 is 0 Å². The first-order valence-electron chi connectivity index (χ1n) is 3.98. The number of ketones is 1. The van der Waals surface area contributed by atoms with Crippen LogP contribution in [0.25, 0.3) is 0 Å². The largest absolute Gasteiger partial charge is 0.329 e. The second kappa shape index (κ2) is 2.78. The van der Waals surface area contributed by atoms with Crippen molar-refractivity contribution in [1.82, 2.24) is 0 Å². The molecule has 0 amide bonds. The molecule has 0 aliphatic heterocycles. The van der Waals surface area contributed by atoms with Gasteiger partial charge in [0.2, 0.25) is 0 Å². The van der Waals surface area contributed by atoms with Gasteiger partial charge in [-0.3, -0.25) is 4.79 Å². The van der Waals surface area contributed by atoms with Crippen LogP contribution in [0.4, 0.5) is 0 Å². The Bertz CT molecular complexity index is 192. The van der Waals surface area contributed by atoms with E-state index in [0.29, 0.717) is 13.0 Å². The minimum atomic E-state index is -0.140. The third-order valence-electron chi connectivity index (χ3n) is 2.30. The summed E-state index contributed by atoms with van der Waals surface area (Å²) in [5.41, 5.74) is 6.29. The summed E-state index contributed by atoms with van der Waals surface area (Å²) >= 11 is 0. The Morgan fingerprint density at radius 2 is 2.18 bits per heavy atom. The molecule has 0 spiro atoms. The van der Waals surface area contributed by atoms with E-state index in [4.69, 9.17) is 5.73 Å². The highest BCUT2D eigenvalue weighted by Gasteiger charge is 2.47. The van der Waals surface area contributed by atoms with Gasteiger partial charge >= 0.3 is 0 Å². The zero-order chi connectivity index (χ0) is 8.48. The Balaban J connectivity index is 2.48. The molecule has 11 heavy (non-hydrogen) atoms. The van der Waals surface area contributed by atoms with Gasteiger partial charge in [0.15, 0.2) is 0 Å². The fourth-order valence-electron chi connectivity index (χ4n) is 1.21. The number of carbonyl (C=O) groups excluding carboxylic acids is 1. The van der Waals surface area contributed by atoms with Crippen LogP contribution < -0.4 is 5.73 Å². The third-order valence-corrected chi connectivity index (χ3v) is 2.30. The van der Waals surface area contributed by atoms with E-state index >= 15 is 0 Å². The van der Waals surface area contributed by atoms with Crippen molar-refractivity contribution in [3.8, 4) is 0 Å². The van der Waals surface area contributed by atoms with Gasteiger partial charge in [0, 0.05) is 18.4 Å². The molecule has 2 nitrogen and oxygen atoms in total. The number of nitrogens with two attached hydrogens (primary N) is 1. The maximum atomic E-state index is 11.4. The Morgan fingerprint density at radius 1 is 1.64 bits per heavy atom. The lowest BCUT2D eigenvalue weighted by Gasteiger charge is -2.09. The van der Waals surface area contributed by atoms with Crippen LogP contribution in [0.1, 0.15) is 26.2 Å². The number of allylic oxidation sites excluding steroid dienone is 1. The van der Waals surface area contributed by atoms with Crippen molar-refractivity contribution in [3.05, 3.63) is 12.2 Å². The summed E-state index contributed by atoms with van der Waals surface area (Å²) in [6.45, 7) is 6.10. The number of Topliss-reactive ketones (excluding diaryl/α,β-unsaturated/α-hetero) is 1. The van der Waals surface area contributed by atoms with Crippen LogP contribution in [0.15, 0.2) is 12.2 Å². The lowest BCUT2D eigenvalue weighted by atomic mass is 9.96. The molecule has 0 saturated heterocycles. The number of hydrogen-bond acceptors (Lipinski definition) is 2. The smallest absolute Gasteiger partial charge is 0.144 e. The second-order valence-corrected chi connectivity index (χ2v) is 3.54. The fourth-order valence-corrected chi connectivity index (χ4v) is 1.21. The molecule has 2 heteroatoms. The van der Waals surface area contributed by atoms with Crippen LogP contribution in [-0.4, -0.2) is 12.3 Å². The molecule has 0 aromatic carbocycles. The predicted molar refractivity (Wildman–Crippen MR) is 45.2 cm³/mol. The molecule has 1 aliphatic carbocycles. The summed E-state index contributed by atoms with van der Waals surface area (Å²) < 4.78 is 0. The standard InChI is InChI=1S/C9H15NO/c1-7(2)5-8(11)9(6-10)3-4-9/h1,3-6,10H2,2H3. The van der Waals surface area contributed by atoms with E-state index in [9.17, 15) is 4.79 Å². The van der Waals surface area contributed by atoms with Crippen molar-refractivity contribution in [2.75, 3.05) is 6.54 Å². The molecule has 1 saturated carbocycles. The molecule has 2 N–H and O–H groups in total. The quantitative estimate of drug-likeness (QED) is 0.618. The second-order valence-electron chi connectivity index (χ2n) is 3.54. The van der Waals surface area contributed by atoms with Crippen molar-refractivity contribution < 1.29 is 4.79 Å². The highest BCUT2D eigenvalue weighted by molar-refractivity contribution is 5.89. The summed E-state index contributed by atoms with van der Waals surface area (Å²) in [7, 11) is 0. The molecule has 0 unspecified atom stereocenters. The molecule has 0 atom stereocenters. The Labute approximate surface area is 67.5 Å². The fraction of sp³-hybridized carbons (Fsp3) is 0.667. The highest BCUT2D eigenvalue weighted by atomic mass is 16.1. The van der Waals surface area contributed by atoms with E-state index in [1.807, 2.05) is 6.92 Å². The van der Waals surface area contributed by atoms with Gasteiger partial charge in [-0.25, -0.2) is 0 Å². The summed E-state index contributed by atoms with van der Waals surface area (Å²) in [6.07, 6.45) is 2.47. The molecular formula is C9H15NO. The molecular weight excluding hydrogens is 138 g/mol. The van der Waals surface area contributed by atoms with Crippen molar-refractivity contribution in [2.45, 2.75) is 26.2 Å². The van der Waals surface area contributed by atoms with Crippen LogP contribution in [-0.2, 0) is 4.79 Å². The molecule has 0 radical (unpaired) electrons. The SMILES string of the molecule is C=C(C)CC(=O)C1(CN)CC1. The van der Waals surface area contributed by atoms with Crippen molar-refractivity contribution >= 4 is 5.78 Å². The average molecular weight is 153 g/mol. The molecule has 0 aromatic rings. The average Bonchev–Trinajstić information content (AvgIpc) is 2.65. The van der Waals surface area contributed by atoms with Gasteiger partial charge in [-0.15, -0.1) is 0 Å². The predicted octanol–water partition coefficient (Wildman–Crippen LogP) is 1.26. The lowest BCUT2D eigenvalue weighted by Crippen LogP contribution is -2.25. The van der Waals surface area contributed by atoms with Crippen LogP contribution in [0.2, 0.25) is 0 Å². The van der Waals surface area contributed by atoms with Crippen molar-refractivity contribution in [3.63, 3.8) is 0 Å². The maximum absolute atomic E-state index is 11.4. The zero-order valence-corrected chi connectivity index (χ0v) is 7.02. The number of carbonyl (C=O) groups is 1. The minimum absolute atomic E-state index is 0.140. The van der Waals surface area contributed by atoms with E-state index in [1.54, 1.807) is 0 Å². The van der Waals surface area contributed by atoms with Crippen LogP contribution in [0, 0.1) is 5.41 Å². The molecule has 62 valence electrons. The monoisotopic (exact) mass is 153 g/mol. The molecule has 1 rings (SSSR count). The van der Waals surface area contributed by atoms with Gasteiger partial charge in [0.05, 0.1) is 0 Å². The zero-order valence-electron chi connectivity index (χ0n) is 7.02. The van der Waals surface area contributed by atoms with E-state index in [-0.39, 0.29) is 11.2 Å². The highest BCUT2D eigenvalue weighted by Crippen LogP contribution is 2.46. The van der Waals surface area contributed by atoms with E-state index < -0.39 is 0 Å². The van der Waals surface area contributed by atoms with Gasteiger partial charge in [-0.1, -0.05) is 12.2 Å². The Kier molecular flexibility index (Phi) is 2.14. The molecule has 1 aliphatic rings. The van der Waals surface area contributed by atoms with Crippen molar-refractivity contribution in [2.24, 2.45) is 11.1 Å². The summed E-state index contributed by atoms with van der Waals surface area (Å²) in [6, 6.07) is 0. The summed E-state index contributed by atoms with van der Waals surface area (Å²) in [5.74, 6) is 0.285. The first kappa shape index (κ1) is 8.47. The number of hydrogen-bond donors (Lipinski definition) is 1. The Hall–Kier alpha value is -0.630. The number of rotatable bonds is 4. The van der Waals surface area contributed by atoms with Gasteiger partial charge in [-0.2, -0.15) is 0 Å². The first-order chi connectivity index (χ1) is 5.10.